The minimum absolute atomic E-state index is 0.0149. The summed E-state index contributed by atoms with van der Waals surface area (Å²) in [5.41, 5.74) is 8.16. The number of phenolic OH excluding ortho intramolecular Hbond substituents is 1. The molecular weight excluding hydrogens is 444 g/mol. The predicted molar refractivity (Wildman–Crippen MR) is 133 cm³/mol. The number of methoxy groups -OCH3 is 2. The number of nitrogens with zero attached hydrogens (tertiary/aromatic N) is 3. The van der Waals surface area contributed by atoms with Crippen LogP contribution in [0, 0.1) is 34.5 Å². The fraction of sp³-hybridized carbons (Fsp3) is 0.577. The molecule has 0 spiro atoms. The predicted octanol–water partition coefficient (Wildman–Crippen LogP) is 3.29. The van der Waals surface area contributed by atoms with E-state index in [4.69, 9.17) is 15.2 Å². The fourth-order valence-corrected chi connectivity index (χ4v) is 6.81. The number of anilines is 2. The van der Waals surface area contributed by atoms with E-state index in [0.717, 1.165) is 18.0 Å². The second kappa shape index (κ2) is 9.42. The van der Waals surface area contributed by atoms with Crippen LogP contribution in [-0.2, 0) is 6.42 Å². The van der Waals surface area contributed by atoms with Crippen LogP contribution in [0.5, 0.6) is 17.2 Å². The Kier molecular flexibility index (Phi) is 6.32. The minimum atomic E-state index is -0.0149. The quantitative estimate of drug-likeness (QED) is 0.427. The van der Waals surface area contributed by atoms with Crippen molar-refractivity contribution < 1.29 is 14.6 Å². The van der Waals surface area contributed by atoms with Crippen molar-refractivity contribution in [1.82, 2.24) is 9.97 Å². The van der Waals surface area contributed by atoms with Gasteiger partial charge in [-0.25, -0.2) is 4.98 Å². The highest BCUT2D eigenvalue weighted by atomic mass is 16.5. The zero-order valence-electron chi connectivity index (χ0n) is 20.4. The van der Waals surface area contributed by atoms with Gasteiger partial charge in [-0.2, -0.15) is 10.2 Å². The molecule has 1 aromatic heterocycles. The van der Waals surface area contributed by atoms with Crippen LogP contribution in [0.4, 0.5) is 11.8 Å². The van der Waals surface area contributed by atoms with Gasteiger partial charge < -0.3 is 30.9 Å². The van der Waals surface area contributed by atoms with Crippen LogP contribution in [0.3, 0.4) is 0 Å². The highest BCUT2D eigenvalue weighted by molar-refractivity contribution is 5.54. The van der Waals surface area contributed by atoms with Gasteiger partial charge in [-0.05, 0) is 79.4 Å². The number of hydrogen-bond acceptors (Lipinski definition) is 9. The van der Waals surface area contributed by atoms with Crippen LogP contribution in [0.15, 0.2) is 18.3 Å². The third-order valence-electron chi connectivity index (χ3n) is 8.25. The molecule has 0 amide bonds. The van der Waals surface area contributed by atoms with Crippen molar-refractivity contribution in [1.29, 1.82) is 5.26 Å². The van der Waals surface area contributed by atoms with Crippen molar-refractivity contribution >= 4 is 11.8 Å². The van der Waals surface area contributed by atoms with E-state index in [0.29, 0.717) is 59.7 Å². The molecule has 9 heteroatoms. The van der Waals surface area contributed by atoms with Gasteiger partial charge in [0.15, 0.2) is 11.5 Å². The average molecular weight is 479 g/mol. The molecule has 3 unspecified atom stereocenters. The Morgan fingerprint density at radius 1 is 1.14 bits per heavy atom. The van der Waals surface area contributed by atoms with E-state index < -0.39 is 0 Å². The van der Waals surface area contributed by atoms with Crippen LogP contribution in [0.25, 0.3) is 0 Å². The molecule has 1 aromatic carbocycles. The van der Waals surface area contributed by atoms with E-state index in [1.807, 2.05) is 0 Å². The number of aromatic nitrogens is 2. The maximum atomic E-state index is 10.1. The lowest BCUT2D eigenvalue weighted by atomic mass is 9.48. The first-order chi connectivity index (χ1) is 16.9. The number of rotatable bonds is 9. The molecule has 4 saturated carbocycles. The first-order valence-corrected chi connectivity index (χ1v) is 12.4. The summed E-state index contributed by atoms with van der Waals surface area (Å²) in [4.78, 5) is 8.94. The molecule has 4 bridgehead atoms. The Bertz CT molecular complexity index is 1090. The fourth-order valence-electron chi connectivity index (χ4n) is 6.81. The van der Waals surface area contributed by atoms with Gasteiger partial charge in [-0.1, -0.05) is 0 Å². The molecular formula is C26H34N6O3. The number of benzene rings is 1. The summed E-state index contributed by atoms with van der Waals surface area (Å²) in [5.74, 6) is 3.84. The van der Waals surface area contributed by atoms with Crippen LogP contribution in [0.2, 0.25) is 0 Å². The smallest absolute Gasteiger partial charge is 0.224 e. The van der Waals surface area contributed by atoms with Gasteiger partial charge in [-0.15, -0.1) is 0 Å². The molecule has 9 nitrogen and oxygen atoms in total. The summed E-state index contributed by atoms with van der Waals surface area (Å²) >= 11 is 0. The number of nitriles is 1. The third-order valence-corrected chi connectivity index (χ3v) is 8.25. The monoisotopic (exact) mass is 478 g/mol. The van der Waals surface area contributed by atoms with Gasteiger partial charge in [-0.3, -0.25) is 0 Å². The summed E-state index contributed by atoms with van der Waals surface area (Å²) in [6.45, 7) is 1.39. The SMILES string of the molecule is COc1cc(CCNc2ncc(C#N)c(NCC34CC5C[C@H](C3)C(N)[C@@H](C5)C4)n2)cc(OC)c1O. The Balaban J connectivity index is 1.23. The second-order valence-electron chi connectivity index (χ2n) is 10.5. The zero-order valence-corrected chi connectivity index (χ0v) is 20.4. The summed E-state index contributed by atoms with van der Waals surface area (Å²) < 4.78 is 10.5. The van der Waals surface area contributed by atoms with Crippen molar-refractivity contribution in [2.24, 2.45) is 28.9 Å². The molecule has 6 rings (SSSR count). The second-order valence-corrected chi connectivity index (χ2v) is 10.5. The molecule has 4 aliphatic rings. The first kappa shape index (κ1) is 23.5. The lowest BCUT2D eigenvalue weighted by Crippen LogP contribution is -2.58. The van der Waals surface area contributed by atoms with Gasteiger partial charge in [0.25, 0.3) is 0 Å². The lowest BCUT2D eigenvalue weighted by Gasteiger charge is -2.59. The molecule has 0 radical (unpaired) electrons. The third kappa shape index (κ3) is 4.55. The van der Waals surface area contributed by atoms with Gasteiger partial charge >= 0.3 is 0 Å². The molecule has 5 atom stereocenters. The maximum absolute atomic E-state index is 10.1. The number of ether oxygens (including phenoxy) is 2. The van der Waals surface area contributed by atoms with E-state index in [-0.39, 0.29) is 11.2 Å². The molecule has 35 heavy (non-hydrogen) atoms. The first-order valence-electron chi connectivity index (χ1n) is 12.4. The van der Waals surface area contributed by atoms with Crippen LogP contribution in [0.1, 0.15) is 43.2 Å². The number of hydrogen-bond donors (Lipinski definition) is 4. The van der Waals surface area contributed by atoms with Crippen molar-refractivity contribution in [3.63, 3.8) is 0 Å². The summed E-state index contributed by atoms with van der Waals surface area (Å²) in [5, 5.41) is 26.4. The minimum Gasteiger partial charge on any atom is -0.502 e. The number of aromatic hydroxyl groups is 1. The zero-order chi connectivity index (χ0) is 24.6. The summed E-state index contributed by atoms with van der Waals surface area (Å²) in [7, 11) is 3.01. The highest BCUT2D eigenvalue weighted by Crippen LogP contribution is 2.59. The number of phenols is 1. The molecule has 186 valence electrons. The van der Waals surface area contributed by atoms with Crippen molar-refractivity contribution in [3.8, 4) is 23.3 Å². The Morgan fingerprint density at radius 2 is 1.83 bits per heavy atom. The van der Waals surface area contributed by atoms with E-state index in [1.54, 1.807) is 18.3 Å². The van der Waals surface area contributed by atoms with Crippen LogP contribution < -0.4 is 25.8 Å². The van der Waals surface area contributed by atoms with Gasteiger partial charge in [0.1, 0.15) is 17.5 Å². The molecule has 1 heterocycles. The number of nitrogens with one attached hydrogen (secondary N) is 2. The standard InChI is InChI=1S/C26H34N6O3/c1-34-20-7-15(8-21(35-2)23(20)33)3-4-29-25-30-13-19(12-27)24(32-25)31-14-26-9-16-5-17(10-26)22(28)18(6-16)11-26/h7-8,13,16-18,22,33H,3-6,9-11,14,28H2,1-2H3,(H2,29,30,31,32)/t16?,17-,18+,22?,26?. The highest BCUT2D eigenvalue weighted by Gasteiger charge is 2.54. The summed E-state index contributed by atoms with van der Waals surface area (Å²) in [6, 6.07) is 6.14. The van der Waals surface area contributed by atoms with Crippen molar-refractivity contribution in [3.05, 3.63) is 29.5 Å². The van der Waals surface area contributed by atoms with Crippen LogP contribution in [-0.4, -0.2) is 48.4 Å². The Hall–Kier alpha value is -3.25. The lowest BCUT2D eigenvalue weighted by molar-refractivity contribution is -0.0591. The normalized spacial score (nSPS) is 28.4. The van der Waals surface area contributed by atoms with Crippen molar-refractivity contribution in [2.75, 3.05) is 37.9 Å². The van der Waals surface area contributed by atoms with Crippen molar-refractivity contribution in [2.45, 2.75) is 44.6 Å². The molecule has 5 N–H and O–H groups in total. The molecule has 2 aromatic rings. The Morgan fingerprint density at radius 3 is 2.46 bits per heavy atom. The average Bonchev–Trinajstić information content (AvgIpc) is 2.86. The summed E-state index contributed by atoms with van der Waals surface area (Å²) in [6.07, 6.45) is 8.37. The Labute approximate surface area is 206 Å². The molecule has 4 aliphatic carbocycles. The largest absolute Gasteiger partial charge is 0.502 e. The van der Waals surface area contributed by atoms with Gasteiger partial charge in [0.05, 0.1) is 20.4 Å². The van der Waals surface area contributed by atoms with E-state index in [1.165, 1.54) is 46.3 Å². The van der Waals surface area contributed by atoms with E-state index in [2.05, 4.69) is 26.7 Å². The van der Waals surface area contributed by atoms with E-state index in [9.17, 15) is 10.4 Å². The van der Waals surface area contributed by atoms with E-state index >= 15 is 0 Å². The molecule has 4 fully saturated rings. The van der Waals surface area contributed by atoms with Gasteiger partial charge in [0, 0.05) is 19.1 Å². The number of nitrogens with two attached hydrogens (primary N) is 1. The molecule has 0 saturated heterocycles. The van der Waals surface area contributed by atoms with Crippen LogP contribution >= 0.6 is 0 Å². The maximum Gasteiger partial charge on any atom is 0.224 e. The topological polar surface area (TPSA) is 138 Å². The van der Waals surface area contributed by atoms with Gasteiger partial charge in [0.2, 0.25) is 11.7 Å². The molecule has 0 aliphatic heterocycles.